The van der Waals surface area contributed by atoms with Crippen LogP contribution in [0.3, 0.4) is 0 Å². The minimum Gasteiger partial charge on any atom is -0.374 e. The van der Waals surface area contributed by atoms with Gasteiger partial charge < -0.3 is 4.74 Å². The second-order valence-corrected chi connectivity index (χ2v) is 4.15. The highest BCUT2D eigenvalue weighted by Gasteiger charge is 2.12. The van der Waals surface area contributed by atoms with Crippen molar-refractivity contribution >= 4 is 12.6 Å². The van der Waals surface area contributed by atoms with E-state index in [0.29, 0.717) is 12.7 Å². The average molecular weight is 200 g/mol. The van der Waals surface area contributed by atoms with Gasteiger partial charge in [-0.3, -0.25) is 0 Å². The molecule has 1 fully saturated rings. The van der Waals surface area contributed by atoms with Crippen LogP contribution >= 0.6 is 12.6 Å². The lowest BCUT2D eigenvalue weighted by Crippen LogP contribution is -2.13. The fourth-order valence-corrected chi connectivity index (χ4v) is 1.78. The van der Waals surface area contributed by atoms with E-state index in [1.165, 1.54) is 38.5 Å². The SMILES string of the molecule is C=C(CS)COC1CCCCCC1. The van der Waals surface area contributed by atoms with Crippen molar-refractivity contribution in [1.29, 1.82) is 0 Å². The third-order valence-electron chi connectivity index (χ3n) is 2.55. The van der Waals surface area contributed by atoms with E-state index < -0.39 is 0 Å². The first-order valence-electron chi connectivity index (χ1n) is 5.22. The number of hydrogen-bond donors (Lipinski definition) is 1. The van der Waals surface area contributed by atoms with E-state index in [4.69, 9.17) is 4.74 Å². The van der Waals surface area contributed by atoms with Crippen molar-refractivity contribution in [1.82, 2.24) is 0 Å². The summed E-state index contributed by atoms with van der Waals surface area (Å²) in [4.78, 5) is 0. The lowest BCUT2D eigenvalue weighted by molar-refractivity contribution is 0.0593. The van der Waals surface area contributed by atoms with Gasteiger partial charge in [-0.25, -0.2) is 0 Å². The molecule has 0 amide bonds. The van der Waals surface area contributed by atoms with Crippen LogP contribution in [0.1, 0.15) is 38.5 Å². The smallest absolute Gasteiger partial charge is 0.0685 e. The fourth-order valence-electron chi connectivity index (χ4n) is 1.69. The minimum absolute atomic E-state index is 0.485. The lowest BCUT2D eigenvalue weighted by Gasteiger charge is -2.15. The van der Waals surface area contributed by atoms with Crippen molar-refractivity contribution in [2.45, 2.75) is 44.6 Å². The van der Waals surface area contributed by atoms with E-state index >= 15 is 0 Å². The van der Waals surface area contributed by atoms with Gasteiger partial charge in [0.2, 0.25) is 0 Å². The van der Waals surface area contributed by atoms with Crippen LogP contribution in [-0.4, -0.2) is 18.5 Å². The summed E-state index contributed by atoms with van der Waals surface area (Å²) in [5.74, 6) is 0.743. The molecule has 2 heteroatoms. The molecular weight excluding hydrogens is 180 g/mol. The lowest BCUT2D eigenvalue weighted by atomic mass is 10.1. The molecule has 0 spiro atoms. The van der Waals surface area contributed by atoms with Crippen LogP contribution in [0, 0.1) is 0 Å². The zero-order valence-corrected chi connectivity index (χ0v) is 9.19. The maximum atomic E-state index is 5.77. The number of thiol groups is 1. The normalized spacial score (nSPS) is 19.8. The Morgan fingerprint density at radius 1 is 1.23 bits per heavy atom. The van der Waals surface area contributed by atoms with Gasteiger partial charge in [0, 0.05) is 5.75 Å². The predicted molar refractivity (Wildman–Crippen MR) is 60.4 cm³/mol. The largest absolute Gasteiger partial charge is 0.374 e. The molecule has 0 aromatic rings. The first kappa shape index (κ1) is 11.1. The number of hydrogen-bond acceptors (Lipinski definition) is 2. The molecule has 0 N–H and O–H groups in total. The summed E-state index contributed by atoms with van der Waals surface area (Å²) >= 11 is 4.16. The summed E-state index contributed by atoms with van der Waals surface area (Å²) in [5, 5.41) is 0. The van der Waals surface area contributed by atoms with Crippen LogP contribution in [0.25, 0.3) is 0 Å². The summed E-state index contributed by atoms with van der Waals surface area (Å²) in [7, 11) is 0. The van der Waals surface area contributed by atoms with Gasteiger partial charge in [-0.1, -0.05) is 32.3 Å². The Balaban J connectivity index is 2.15. The molecule has 0 heterocycles. The van der Waals surface area contributed by atoms with Crippen molar-refractivity contribution in [3.05, 3.63) is 12.2 Å². The van der Waals surface area contributed by atoms with Crippen molar-refractivity contribution in [2.24, 2.45) is 0 Å². The molecule has 0 radical (unpaired) electrons. The number of ether oxygens (including phenoxy) is 1. The van der Waals surface area contributed by atoms with E-state index in [2.05, 4.69) is 19.2 Å². The molecule has 0 atom stereocenters. The summed E-state index contributed by atoms with van der Waals surface area (Å²) < 4.78 is 5.77. The Morgan fingerprint density at radius 2 is 1.85 bits per heavy atom. The highest BCUT2D eigenvalue weighted by Crippen LogP contribution is 2.20. The van der Waals surface area contributed by atoms with Gasteiger partial charge in [-0.2, -0.15) is 12.6 Å². The van der Waals surface area contributed by atoms with E-state index in [1.54, 1.807) is 0 Å². The summed E-state index contributed by atoms with van der Waals surface area (Å²) in [6, 6.07) is 0. The van der Waals surface area contributed by atoms with Gasteiger partial charge in [0.1, 0.15) is 0 Å². The molecule has 0 unspecified atom stereocenters. The Kier molecular flexibility index (Phi) is 5.56. The Bertz CT molecular complexity index is 148. The standard InChI is InChI=1S/C11H20OS/c1-10(9-13)8-12-11-6-4-2-3-5-7-11/h11,13H,1-9H2. The van der Waals surface area contributed by atoms with Gasteiger partial charge in [0.05, 0.1) is 12.7 Å². The minimum atomic E-state index is 0.485. The monoisotopic (exact) mass is 200 g/mol. The van der Waals surface area contributed by atoms with Crippen LogP contribution in [0.4, 0.5) is 0 Å². The molecule has 0 aromatic carbocycles. The van der Waals surface area contributed by atoms with Gasteiger partial charge in [-0.15, -0.1) is 0 Å². The second-order valence-electron chi connectivity index (χ2n) is 3.83. The summed E-state index contributed by atoms with van der Waals surface area (Å²) in [6.45, 7) is 4.58. The third-order valence-corrected chi connectivity index (χ3v) is 3.00. The highest BCUT2D eigenvalue weighted by atomic mass is 32.1. The predicted octanol–water partition coefficient (Wildman–Crippen LogP) is 3.21. The van der Waals surface area contributed by atoms with Gasteiger partial charge in [0.15, 0.2) is 0 Å². The first-order chi connectivity index (χ1) is 6.33. The second kappa shape index (κ2) is 6.50. The van der Waals surface area contributed by atoms with Crippen molar-refractivity contribution < 1.29 is 4.74 Å². The van der Waals surface area contributed by atoms with E-state index in [0.717, 1.165) is 11.3 Å². The van der Waals surface area contributed by atoms with Gasteiger partial charge in [-0.05, 0) is 18.4 Å². The molecular formula is C11H20OS. The van der Waals surface area contributed by atoms with E-state index in [-0.39, 0.29) is 0 Å². The molecule has 1 rings (SSSR count). The Hall–Kier alpha value is 0.0500. The molecule has 0 aliphatic heterocycles. The van der Waals surface area contributed by atoms with Crippen LogP contribution < -0.4 is 0 Å². The summed E-state index contributed by atoms with van der Waals surface area (Å²) in [5.41, 5.74) is 1.09. The molecule has 0 saturated heterocycles. The van der Waals surface area contributed by atoms with E-state index in [1.807, 2.05) is 0 Å². The van der Waals surface area contributed by atoms with E-state index in [9.17, 15) is 0 Å². The zero-order chi connectivity index (χ0) is 9.52. The van der Waals surface area contributed by atoms with Crippen LogP contribution in [0.15, 0.2) is 12.2 Å². The Morgan fingerprint density at radius 3 is 2.38 bits per heavy atom. The molecule has 1 aliphatic carbocycles. The molecule has 1 nitrogen and oxygen atoms in total. The first-order valence-corrected chi connectivity index (χ1v) is 5.85. The molecule has 0 aromatic heterocycles. The summed E-state index contributed by atoms with van der Waals surface area (Å²) in [6.07, 6.45) is 8.38. The average Bonchev–Trinajstić information content (AvgIpc) is 2.42. The van der Waals surface area contributed by atoms with Crippen molar-refractivity contribution in [3.8, 4) is 0 Å². The maximum Gasteiger partial charge on any atom is 0.0685 e. The van der Waals surface area contributed by atoms with Gasteiger partial charge >= 0.3 is 0 Å². The van der Waals surface area contributed by atoms with Crippen molar-refractivity contribution in [2.75, 3.05) is 12.4 Å². The van der Waals surface area contributed by atoms with Crippen LogP contribution in [0.5, 0.6) is 0 Å². The van der Waals surface area contributed by atoms with Crippen LogP contribution in [-0.2, 0) is 4.74 Å². The van der Waals surface area contributed by atoms with Crippen molar-refractivity contribution in [3.63, 3.8) is 0 Å². The topological polar surface area (TPSA) is 9.23 Å². The highest BCUT2D eigenvalue weighted by molar-refractivity contribution is 7.80. The number of rotatable bonds is 4. The zero-order valence-electron chi connectivity index (χ0n) is 8.30. The quantitative estimate of drug-likeness (QED) is 0.416. The molecule has 0 bridgehead atoms. The third kappa shape index (κ3) is 4.72. The fraction of sp³-hybridized carbons (Fsp3) is 0.818. The molecule has 1 aliphatic rings. The molecule has 13 heavy (non-hydrogen) atoms. The molecule has 76 valence electrons. The maximum absolute atomic E-state index is 5.77. The molecule has 1 saturated carbocycles. The van der Waals surface area contributed by atoms with Crippen LogP contribution in [0.2, 0.25) is 0 Å². The Labute approximate surface area is 87.0 Å². The van der Waals surface area contributed by atoms with Gasteiger partial charge in [0.25, 0.3) is 0 Å².